The second-order valence-electron chi connectivity index (χ2n) is 3.65. The van der Waals surface area contributed by atoms with E-state index in [0.29, 0.717) is 11.3 Å². The average molecular weight is 233 g/mol. The molecule has 2 nitrogen and oxygen atoms in total. The summed E-state index contributed by atoms with van der Waals surface area (Å²) in [6.45, 7) is 0. The lowest BCUT2D eigenvalue weighted by molar-refractivity contribution is -0.136. The Bertz CT molecular complexity index is 338. The molecule has 0 radical (unpaired) electrons. The van der Waals surface area contributed by atoms with Crippen LogP contribution in [0, 0.1) is 0 Å². The molecule has 0 aliphatic rings. The van der Waals surface area contributed by atoms with Gasteiger partial charge in [0.25, 0.3) is 0 Å². The van der Waals surface area contributed by atoms with Crippen molar-refractivity contribution >= 4 is 5.69 Å². The Morgan fingerprint density at radius 2 is 1.88 bits per heavy atom. The fraction of sp³-hybridized carbons (Fsp3) is 0.455. The fourth-order valence-electron chi connectivity index (χ4n) is 1.47. The Hall–Kier alpha value is -1.23. The minimum absolute atomic E-state index is 0.0632. The van der Waals surface area contributed by atoms with Gasteiger partial charge in [0.05, 0.1) is 6.10 Å². The van der Waals surface area contributed by atoms with Gasteiger partial charge < -0.3 is 10.8 Å². The third-order valence-electron chi connectivity index (χ3n) is 2.29. The molecule has 1 aromatic rings. The second kappa shape index (κ2) is 5.21. The number of nitrogen functional groups attached to an aromatic ring is 1. The SMILES string of the molecule is Nc1ccccc1C(O)CCCC(F)(F)F. The number of rotatable bonds is 4. The van der Waals surface area contributed by atoms with E-state index in [0.717, 1.165) is 0 Å². The molecule has 5 heteroatoms. The summed E-state index contributed by atoms with van der Waals surface area (Å²) in [5.41, 5.74) is 6.49. The first kappa shape index (κ1) is 12.8. The van der Waals surface area contributed by atoms with Crippen molar-refractivity contribution in [2.75, 3.05) is 5.73 Å². The summed E-state index contributed by atoms with van der Waals surface area (Å²) in [5, 5.41) is 9.65. The normalized spacial score (nSPS) is 13.8. The molecule has 0 heterocycles. The lowest BCUT2D eigenvalue weighted by Crippen LogP contribution is -2.08. The summed E-state index contributed by atoms with van der Waals surface area (Å²) in [6.07, 6.45) is -6.01. The van der Waals surface area contributed by atoms with Gasteiger partial charge in [-0.1, -0.05) is 18.2 Å². The first-order valence-electron chi connectivity index (χ1n) is 4.99. The molecule has 0 aliphatic carbocycles. The van der Waals surface area contributed by atoms with E-state index in [-0.39, 0.29) is 12.8 Å². The number of alkyl halides is 3. The smallest absolute Gasteiger partial charge is 0.389 e. The summed E-state index contributed by atoms with van der Waals surface area (Å²) in [5.74, 6) is 0. The third-order valence-corrected chi connectivity index (χ3v) is 2.29. The van der Waals surface area contributed by atoms with Gasteiger partial charge in [-0.05, 0) is 18.9 Å². The van der Waals surface area contributed by atoms with E-state index < -0.39 is 18.7 Å². The summed E-state index contributed by atoms with van der Waals surface area (Å²) in [4.78, 5) is 0. The number of anilines is 1. The largest absolute Gasteiger partial charge is 0.398 e. The number of halogens is 3. The topological polar surface area (TPSA) is 46.2 Å². The molecule has 3 N–H and O–H groups in total. The van der Waals surface area contributed by atoms with Crippen LogP contribution >= 0.6 is 0 Å². The highest BCUT2D eigenvalue weighted by atomic mass is 19.4. The molecule has 0 saturated heterocycles. The van der Waals surface area contributed by atoms with Crippen molar-refractivity contribution in [2.24, 2.45) is 0 Å². The Kier molecular flexibility index (Phi) is 4.18. The lowest BCUT2D eigenvalue weighted by atomic mass is 10.0. The van der Waals surface area contributed by atoms with Gasteiger partial charge in [-0.25, -0.2) is 0 Å². The molecule has 0 fully saturated rings. The summed E-state index contributed by atoms with van der Waals surface area (Å²) in [7, 11) is 0. The van der Waals surface area contributed by atoms with Crippen molar-refractivity contribution in [2.45, 2.75) is 31.5 Å². The standard InChI is InChI=1S/C11H14F3NO/c12-11(13,14)7-3-6-10(16)8-4-1-2-5-9(8)15/h1-2,4-5,10,16H,3,6-7,15H2. The van der Waals surface area contributed by atoms with Crippen molar-refractivity contribution < 1.29 is 18.3 Å². The van der Waals surface area contributed by atoms with Gasteiger partial charge in [-0.2, -0.15) is 13.2 Å². The summed E-state index contributed by atoms with van der Waals surface area (Å²) < 4.78 is 35.6. The second-order valence-corrected chi connectivity index (χ2v) is 3.65. The third kappa shape index (κ3) is 4.10. The van der Waals surface area contributed by atoms with Crippen LogP contribution in [0.1, 0.15) is 30.9 Å². The van der Waals surface area contributed by atoms with E-state index >= 15 is 0 Å². The monoisotopic (exact) mass is 233 g/mol. The van der Waals surface area contributed by atoms with Crippen LogP contribution in [0.2, 0.25) is 0 Å². The number of para-hydroxylation sites is 1. The molecule has 0 aliphatic heterocycles. The molecule has 0 bridgehead atoms. The predicted octanol–water partition coefficient (Wildman–Crippen LogP) is 3.03. The average Bonchev–Trinajstić information content (AvgIpc) is 2.16. The minimum atomic E-state index is -4.16. The Labute approximate surface area is 91.9 Å². The van der Waals surface area contributed by atoms with Crippen LogP contribution < -0.4 is 5.73 Å². The van der Waals surface area contributed by atoms with Crippen LogP contribution in [0.5, 0.6) is 0 Å². The molecule has 0 saturated carbocycles. The molecule has 0 aromatic heterocycles. The van der Waals surface area contributed by atoms with Crippen LogP contribution in [-0.4, -0.2) is 11.3 Å². The van der Waals surface area contributed by atoms with E-state index in [4.69, 9.17) is 5.73 Å². The molecule has 1 unspecified atom stereocenters. The van der Waals surface area contributed by atoms with Crippen LogP contribution in [0.4, 0.5) is 18.9 Å². The van der Waals surface area contributed by atoms with Crippen LogP contribution in [0.25, 0.3) is 0 Å². The van der Waals surface area contributed by atoms with Crippen LogP contribution in [0.3, 0.4) is 0 Å². The molecule has 90 valence electrons. The molecule has 16 heavy (non-hydrogen) atoms. The number of nitrogens with two attached hydrogens (primary N) is 1. The maximum Gasteiger partial charge on any atom is 0.389 e. The van der Waals surface area contributed by atoms with E-state index in [1.807, 2.05) is 0 Å². The zero-order valence-corrected chi connectivity index (χ0v) is 8.67. The lowest BCUT2D eigenvalue weighted by Gasteiger charge is -2.13. The van der Waals surface area contributed by atoms with Gasteiger partial charge in [0.2, 0.25) is 0 Å². The minimum Gasteiger partial charge on any atom is -0.398 e. The van der Waals surface area contributed by atoms with Crippen LogP contribution in [0.15, 0.2) is 24.3 Å². The van der Waals surface area contributed by atoms with E-state index in [1.54, 1.807) is 24.3 Å². The Morgan fingerprint density at radius 3 is 2.44 bits per heavy atom. The number of aliphatic hydroxyl groups is 1. The quantitative estimate of drug-likeness (QED) is 0.785. The van der Waals surface area contributed by atoms with Crippen molar-refractivity contribution in [1.29, 1.82) is 0 Å². The molecule has 0 spiro atoms. The van der Waals surface area contributed by atoms with Crippen molar-refractivity contribution in [3.63, 3.8) is 0 Å². The molecule has 1 atom stereocenters. The zero-order chi connectivity index (χ0) is 12.2. The van der Waals surface area contributed by atoms with E-state index in [9.17, 15) is 18.3 Å². The highest BCUT2D eigenvalue weighted by Crippen LogP contribution is 2.28. The Morgan fingerprint density at radius 1 is 1.25 bits per heavy atom. The van der Waals surface area contributed by atoms with E-state index in [2.05, 4.69) is 0 Å². The summed E-state index contributed by atoms with van der Waals surface area (Å²) in [6, 6.07) is 6.63. The number of hydrogen-bond acceptors (Lipinski definition) is 2. The zero-order valence-electron chi connectivity index (χ0n) is 8.67. The maximum atomic E-state index is 11.9. The fourth-order valence-corrected chi connectivity index (χ4v) is 1.47. The first-order valence-corrected chi connectivity index (χ1v) is 4.99. The number of benzene rings is 1. The van der Waals surface area contributed by atoms with Crippen LogP contribution in [-0.2, 0) is 0 Å². The highest BCUT2D eigenvalue weighted by Gasteiger charge is 2.26. The highest BCUT2D eigenvalue weighted by molar-refractivity contribution is 5.47. The van der Waals surface area contributed by atoms with Gasteiger partial charge in [-0.15, -0.1) is 0 Å². The molecule has 1 aromatic carbocycles. The molecular formula is C11H14F3NO. The van der Waals surface area contributed by atoms with Gasteiger partial charge in [0.1, 0.15) is 0 Å². The molecule has 0 amide bonds. The van der Waals surface area contributed by atoms with Crippen molar-refractivity contribution in [3.8, 4) is 0 Å². The van der Waals surface area contributed by atoms with Crippen molar-refractivity contribution in [3.05, 3.63) is 29.8 Å². The van der Waals surface area contributed by atoms with Gasteiger partial charge >= 0.3 is 6.18 Å². The van der Waals surface area contributed by atoms with Gasteiger partial charge in [-0.3, -0.25) is 0 Å². The first-order chi connectivity index (χ1) is 7.40. The molecular weight excluding hydrogens is 219 g/mol. The summed E-state index contributed by atoms with van der Waals surface area (Å²) >= 11 is 0. The number of aliphatic hydroxyl groups excluding tert-OH is 1. The Balaban J connectivity index is 2.47. The van der Waals surface area contributed by atoms with Crippen molar-refractivity contribution in [1.82, 2.24) is 0 Å². The maximum absolute atomic E-state index is 11.9. The van der Waals surface area contributed by atoms with E-state index in [1.165, 1.54) is 0 Å². The molecule has 1 rings (SSSR count). The van der Waals surface area contributed by atoms with Gasteiger partial charge in [0.15, 0.2) is 0 Å². The predicted molar refractivity (Wildman–Crippen MR) is 55.7 cm³/mol. The van der Waals surface area contributed by atoms with Gasteiger partial charge in [0, 0.05) is 17.7 Å². The number of hydrogen-bond donors (Lipinski definition) is 2.